The van der Waals surface area contributed by atoms with Gasteiger partial charge in [0.2, 0.25) is 5.96 Å². The molecule has 17 heavy (non-hydrogen) atoms. The van der Waals surface area contributed by atoms with Gasteiger partial charge in [-0.15, -0.1) is 0 Å². The standard InChI is InChI=1S/C12H27N5/c1-6-16(7-2)9-11(5)15-17(12(13)14)8-10(3)4/h10H,6-9H2,1-5H3,(H3,13,14)/b15-11-. The molecule has 0 aromatic heterocycles. The Labute approximate surface area is 105 Å². The second kappa shape index (κ2) is 8.06. The van der Waals surface area contributed by atoms with Gasteiger partial charge in [0.1, 0.15) is 0 Å². The van der Waals surface area contributed by atoms with Gasteiger partial charge in [-0.2, -0.15) is 5.10 Å². The third-order valence-corrected chi connectivity index (χ3v) is 2.45. The molecule has 0 aromatic carbocycles. The van der Waals surface area contributed by atoms with Crippen molar-refractivity contribution in [3.8, 4) is 0 Å². The maximum Gasteiger partial charge on any atom is 0.209 e. The summed E-state index contributed by atoms with van der Waals surface area (Å²) in [4.78, 5) is 2.28. The summed E-state index contributed by atoms with van der Waals surface area (Å²) >= 11 is 0. The molecule has 0 rings (SSSR count). The van der Waals surface area contributed by atoms with Crippen LogP contribution in [-0.2, 0) is 0 Å². The summed E-state index contributed by atoms with van der Waals surface area (Å²) in [6.45, 7) is 14.0. The van der Waals surface area contributed by atoms with Gasteiger partial charge >= 0.3 is 0 Å². The Morgan fingerprint density at radius 2 is 1.82 bits per heavy atom. The average Bonchev–Trinajstić information content (AvgIpc) is 2.24. The molecule has 0 spiro atoms. The highest BCUT2D eigenvalue weighted by Crippen LogP contribution is 2.00. The molecule has 0 aliphatic heterocycles. The predicted molar refractivity (Wildman–Crippen MR) is 74.4 cm³/mol. The Morgan fingerprint density at radius 1 is 1.29 bits per heavy atom. The molecule has 5 heteroatoms. The second-order valence-corrected chi connectivity index (χ2v) is 4.66. The molecule has 0 saturated carbocycles. The van der Waals surface area contributed by atoms with E-state index in [1.54, 1.807) is 5.01 Å². The van der Waals surface area contributed by atoms with Crippen LogP contribution in [0.25, 0.3) is 0 Å². The first-order valence-electron chi connectivity index (χ1n) is 6.28. The maximum absolute atomic E-state index is 7.49. The molecule has 0 unspecified atom stereocenters. The molecule has 0 amide bonds. The summed E-state index contributed by atoms with van der Waals surface area (Å²) in [7, 11) is 0. The Hall–Kier alpha value is -1.10. The van der Waals surface area contributed by atoms with E-state index in [9.17, 15) is 0 Å². The maximum atomic E-state index is 7.49. The molecule has 0 saturated heterocycles. The van der Waals surface area contributed by atoms with Crippen LogP contribution in [0, 0.1) is 11.3 Å². The van der Waals surface area contributed by atoms with E-state index in [2.05, 4.69) is 37.7 Å². The zero-order chi connectivity index (χ0) is 13.4. The number of guanidine groups is 1. The highest BCUT2D eigenvalue weighted by Gasteiger charge is 2.09. The molecule has 5 nitrogen and oxygen atoms in total. The molecule has 0 bridgehead atoms. The molecular weight excluding hydrogens is 214 g/mol. The number of nitrogens with two attached hydrogens (primary N) is 1. The first kappa shape index (κ1) is 15.9. The molecule has 3 N–H and O–H groups in total. The van der Waals surface area contributed by atoms with Gasteiger partial charge in [0.05, 0.1) is 0 Å². The van der Waals surface area contributed by atoms with Crippen LogP contribution in [0.15, 0.2) is 5.10 Å². The van der Waals surface area contributed by atoms with Gasteiger partial charge in [-0.25, -0.2) is 5.01 Å². The van der Waals surface area contributed by atoms with Crippen LogP contribution in [0.4, 0.5) is 0 Å². The van der Waals surface area contributed by atoms with Crippen molar-refractivity contribution in [3.05, 3.63) is 0 Å². The van der Waals surface area contributed by atoms with E-state index in [0.717, 1.165) is 25.3 Å². The summed E-state index contributed by atoms with van der Waals surface area (Å²) in [5.41, 5.74) is 6.51. The van der Waals surface area contributed by atoms with Gasteiger partial charge < -0.3 is 5.73 Å². The third-order valence-electron chi connectivity index (χ3n) is 2.45. The van der Waals surface area contributed by atoms with E-state index >= 15 is 0 Å². The minimum absolute atomic E-state index is 0.0117. The van der Waals surface area contributed by atoms with E-state index in [1.165, 1.54) is 0 Å². The van der Waals surface area contributed by atoms with Gasteiger partial charge in [0.15, 0.2) is 0 Å². The van der Waals surface area contributed by atoms with Crippen molar-refractivity contribution in [2.45, 2.75) is 34.6 Å². The molecule has 0 aromatic rings. The average molecular weight is 241 g/mol. The molecular formula is C12H27N5. The molecule has 0 aliphatic carbocycles. The van der Waals surface area contributed by atoms with E-state index < -0.39 is 0 Å². The van der Waals surface area contributed by atoms with Crippen molar-refractivity contribution in [2.24, 2.45) is 16.8 Å². The molecule has 0 atom stereocenters. The summed E-state index contributed by atoms with van der Waals surface area (Å²) in [5, 5.41) is 13.5. The first-order chi connectivity index (χ1) is 7.90. The van der Waals surface area contributed by atoms with E-state index in [-0.39, 0.29) is 5.96 Å². The molecule has 0 heterocycles. The summed E-state index contributed by atoms with van der Waals surface area (Å²) in [6, 6.07) is 0. The fraction of sp³-hybridized carbons (Fsp3) is 0.833. The number of hydrogen-bond donors (Lipinski definition) is 2. The smallest absolute Gasteiger partial charge is 0.209 e. The Kier molecular flexibility index (Phi) is 7.54. The number of hydrazone groups is 1. The van der Waals surface area contributed by atoms with Gasteiger partial charge in [-0.3, -0.25) is 10.3 Å². The fourth-order valence-electron chi connectivity index (χ4n) is 1.55. The third kappa shape index (κ3) is 6.94. The number of hydrogen-bond acceptors (Lipinski definition) is 3. The normalized spacial score (nSPS) is 12.3. The highest BCUT2D eigenvalue weighted by atomic mass is 15.5. The SMILES string of the molecule is CCN(CC)C/C(C)=N\N(CC(C)C)C(=N)N. The summed E-state index contributed by atoms with van der Waals surface area (Å²) < 4.78 is 0. The van der Waals surface area contributed by atoms with Gasteiger partial charge in [-0.1, -0.05) is 27.7 Å². The summed E-state index contributed by atoms with van der Waals surface area (Å²) in [6.07, 6.45) is 0. The fourth-order valence-corrected chi connectivity index (χ4v) is 1.55. The zero-order valence-electron chi connectivity index (χ0n) is 11.8. The number of nitrogens with one attached hydrogen (secondary N) is 1. The lowest BCUT2D eigenvalue weighted by atomic mass is 10.2. The minimum atomic E-state index is 0.0117. The Balaban J connectivity index is 4.52. The second-order valence-electron chi connectivity index (χ2n) is 4.66. The van der Waals surface area contributed by atoms with Gasteiger partial charge in [0, 0.05) is 18.8 Å². The van der Waals surface area contributed by atoms with Crippen LogP contribution in [0.1, 0.15) is 34.6 Å². The Bertz CT molecular complexity index is 256. The van der Waals surface area contributed by atoms with E-state index in [1.807, 2.05) is 6.92 Å². The largest absolute Gasteiger partial charge is 0.369 e. The van der Waals surface area contributed by atoms with Crippen molar-refractivity contribution >= 4 is 11.7 Å². The molecule has 0 radical (unpaired) electrons. The first-order valence-corrected chi connectivity index (χ1v) is 6.28. The summed E-state index contributed by atoms with van der Waals surface area (Å²) in [5.74, 6) is 0.446. The molecule has 100 valence electrons. The van der Waals surface area contributed by atoms with Crippen LogP contribution in [0.3, 0.4) is 0 Å². The number of nitrogens with zero attached hydrogens (tertiary/aromatic N) is 3. The molecule has 0 fully saturated rings. The van der Waals surface area contributed by atoms with E-state index in [4.69, 9.17) is 11.1 Å². The topological polar surface area (TPSA) is 68.7 Å². The van der Waals surface area contributed by atoms with Gasteiger partial charge in [0.25, 0.3) is 0 Å². The lowest BCUT2D eigenvalue weighted by Gasteiger charge is -2.22. The van der Waals surface area contributed by atoms with Crippen molar-refractivity contribution in [3.63, 3.8) is 0 Å². The van der Waals surface area contributed by atoms with E-state index in [0.29, 0.717) is 12.5 Å². The van der Waals surface area contributed by atoms with Crippen molar-refractivity contribution in [1.29, 1.82) is 5.41 Å². The quantitative estimate of drug-likeness (QED) is 0.404. The predicted octanol–water partition coefficient (Wildman–Crippen LogP) is 1.56. The van der Waals surface area contributed by atoms with Crippen LogP contribution in [-0.4, -0.2) is 47.8 Å². The zero-order valence-corrected chi connectivity index (χ0v) is 11.8. The van der Waals surface area contributed by atoms with Crippen LogP contribution >= 0.6 is 0 Å². The van der Waals surface area contributed by atoms with Crippen molar-refractivity contribution < 1.29 is 0 Å². The van der Waals surface area contributed by atoms with Crippen molar-refractivity contribution in [1.82, 2.24) is 9.91 Å². The van der Waals surface area contributed by atoms with Crippen molar-refractivity contribution in [2.75, 3.05) is 26.2 Å². The lowest BCUT2D eigenvalue weighted by Crippen LogP contribution is -2.37. The van der Waals surface area contributed by atoms with Gasteiger partial charge in [-0.05, 0) is 25.9 Å². The lowest BCUT2D eigenvalue weighted by molar-refractivity contribution is 0.338. The molecule has 0 aliphatic rings. The van der Waals surface area contributed by atoms with Crippen LogP contribution in [0.2, 0.25) is 0 Å². The monoisotopic (exact) mass is 241 g/mol. The minimum Gasteiger partial charge on any atom is -0.369 e. The van der Waals surface area contributed by atoms with Crippen LogP contribution < -0.4 is 5.73 Å². The Morgan fingerprint density at radius 3 is 2.18 bits per heavy atom. The highest BCUT2D eigenvalue weighted by molar-refractivity contribution is 5.85. The number of rotatable bonds is 7. The van der Waals surface area contributed by atoms with Crippen LogP contribution in [0.5, 0.6) is 0 Å².